The summed E-state index contributed by atoms with van der Waals surface area (Å²) in [7, 11) is 0. The first-order valence-electron chi connectivity index (χ1n) is 5.62. The highest BCUT2D eigenvalue weighted by atomic mass is 35.5. The van der Waals surface area contributed by atoms with Gasteiger partial charge in [0.15, 0.2) is 0 Å². The summed E-state index contributed by atoms with van der Waals surface area (Å²) in [5.41, 5.74) is 1.40. The summed E-state index contributed by atoms with van der Waals surface area (Å²) < 4.78 is 0. The Labute approximate surface area is 111 Å². The average molecular weight is 270 g/mol. The summed E-state index contributed by atoms with van der Waals surface area (Å²) in [6.07, 6.45) is 0. The van der Waals surface area contributed by atoms with Crippen molar-refractivity contribution in [1.82, 2.24) is 0 Å². The van der Waals surface area contributed by atoms with Crippen LogP contribution in [-0.4, -0.2) is 17.0 Å². The second-order valence-corrected chi connectivity index (χ2v) is 4.92. The minimum Gasteiger partial charge on any atom is -0.481 e. The predicted octanol–water partition coefficient (Wildman–Crippen LogP) is 2.94. The quantitative estimate of drug-likeness (QED) is 0.826. The van der Waals surface area contributed by atoms with Crippen LogP contribution in [0, 0.1) is 18.8 Å². The number of aliphatic carboxylic acids is 1. The second kappa shape index (κ2) is 5.87. The third-order valence-corrected chi connectivity index (χ3v) is 3.06. The van der Waals surface area contributed by atoms with Gasteiger partial charge in [0.2, 0.25) is 5.91 Å². The molecule has 1 atom stereocenters. The van der Waals surface area contributed by atoms with E-state index < -0.39 is 17.8 Å². The van der Waals surface area contributed by atoms with Gasteiger partial charge in [-0.2, -0.15) is 0 Å². The van der Waals surface area contributed by atoms with Gasteiger partial charge in [0.1, 0.15) is 5.92 Å². The zero-order valence-corrected chi connectivity index (χ0v) is 11.3. The highest BCUT2D eigenvalue weighted by molar-refractivity contribution is 6.31. The normalized spacial score (nSPS) is 12.3. The van der Waals surface area contributed by atoms with Crippen molar-refractivity contribution in [3.05, 3.63) is 28.8 Å². The molecule has 0 aliphatic rings. The van der Waals surface area contributed by atoms with E-state index in [2.05, 4.69) is 5.32 Å². The standard InChI is InChI=1S/C13H16ClNO3/c1-7(2)11(13(17)18)12(16)15-9-5-4-8(3)10(14)6-9/h4-7,11H,1-3H3,(H,15,16)(H,17,18). The molecule has 1 aromatic carbocycles. The van der Waals surface area contributed by atoms with Crippen LogP contribution in [0.2, 0.25) is 5.02 Å². The third kappa shape index (κ3) is 3.47. The largest absolute Gasteiger partial charge is 0.481 e. The van der Waals surface area contributed by atoms with Crippen LogP contribution in [0.15, 0.2) is 18.2 Å². The molecule has 0 aliphatic heterocycles. The first-order valence-corrected chi connectivity index (χ1v) is 6.00. The van der Waals surface area contributed by atoms with E-state index in [1.54, 1.807) is 32.0 Å². The molecule has 0 heterocycles. The van der Waals surface area contributed by atoms with Gasteiger partial charge < -0.3 is 10.4 Å². The topological polar surface area (TPSA) is 66.4 Å². The Morgan fingerprint density at radius 1 is 1.33 bits per heavy atom. The molecule has 0 spiro atoms. The number of carbonyl (C=O) groups excluding carboxylic acids is 1. The van der Waals surface area contributed by atoms with Crippen molar-refractivity contribution in [2.24, 2.45) is 11.8 Å². The molecule has 1 aromatic rings. The fourth-order valence-corrected chi connectivity index (χ4v) is 1.77. The number of carboxylic acids is 1. The Morgan fingerprint density at radius 3 is 2.39 bits per heavy atom. The van der Waals surface area contributed by atoms with Crippen molar-refractivity contribution in [2.45, 2.75) is 20.8 Å². The minimum absolute atomic E-state index is 0.275. The van der Waals surface area contributed by atoms with E-state index in [0.29, 0.717) is 10.7 Å². The van der Waals surface area contributed by atoms with E-state index in [-0.39, 0.29) is 5.92 Å². The number of carboxylic acid groups (broad SMARTS) is 1. The summed E-state index contributed by atoms with van der Waals surface area (Å²) in [4.78, 5) is 22.9. The third-order valence-electron chi connectivity index (χ3n) is 2.65. The molecule has 0 fully saturated rings. The molecule has 98 valence electrons. The van der Waals surface area contributed by atoms with Crippen LogP contribution in [0.25, 0.3) is 0 Å². The van der Waals surface area contributed by atoms with Crippen LogP contribution < -0.4 is 5.32 Å². The van der Waals surface area contributed by atoms with Crippen molar-refractivity contribution in [2.75, 3.05) is 5.32 Å². The summed E-state index contributed by atoms with van der Waals surface area (Å²) in [5.74, 6) is -2.99. The molecule has 1 amide bonds. The Kier molecular flexibility index (Phi) is 4.73. The number of anilines is 1. The van der Waals surface area contributed by atoms with Gasteiger partial charge in [-0.05, 0) is 30.5 Å². The summed E-state index contributed by atoms with van der Waals surface area (Å²) in [6.45, 7) is 5.24. The van der Waals surface area contributed by atoms with E-state index in [1.807, 2.05) is 6.92 Å². The van der Waals surface area contributed by atoms with Crippen molar-refractivity contribution < 1.29 is 14.7 Å². The molecule has 1 rings (SSSR count). The second-order valence-electron chi connectivity index (χ2n) is 4.51. The van der Waals surface area contributed by atoms with Gasteiger partial charge in [-0.3, -0.25) is 9.59 Å². The van der Waals surface area contributed by atoms with Crippen molar-refractivity contribution in [3.63, 3.8) is 0 Å². The average Bonchev–Trinajstić information content (AvgIpc) is 2.22. The van der Waals surface area contributed by atoms with Crippen LogP contribution in [0.5, 0.6) is 0 Å². The molecular weight excluding hydrogens is 254 g/mol. The molecule has 1 unspecified atom stereocenters. The molecule has 0 bridgehead atoms. The highest BCUT2D eigenvalue weighted by Gasteiger charge is 2.29. The molecule has 0 aromatic heterocycles. The first kappa shape index (κ1) is 14.5. The summed E-state index contributed by atoms with van der Waals surface area (Å²) in [5, 5.41) is 12.1. The number of hydrogen-bond acceptors (Lipinski definition) is 2. The van der Waals surface area contributed by atoms with Crippen LogP contribution in [0.1, 0.15) is 19.4 Å². The summed E-state index contributed by atoms with van der Waals surface area (Å²) in [6, 6.07) is 5.06. The van der Waals surface area contributed by atoms with Gasteiger partial charge in [0.25, 0.3) is 0 Å². The lowest BCUT2D eigenvalue weighted by Gasteiger charge is -2.16. The number of halogens is 1. The van der Waals surface area contributed by atoms with Gasteiger partial charge >= 0.3 is 5.97 Å². The Bertz CT molecular complexity index is 471. The number of hydrogen-bond donors (Lipinski definition) is 2. The van der Waals surface area contributed by atoms with Crippen molar-refractivity contribution in [3.8, 4) is 0 Å². The van der Waals surface area contributed by atoms with Crippen LogP contribution >= 0.6 is 11.6 Å². The zero-order valence-electron chi connectivity index (χ0n) is 10.5. The lowest BCUT2D eigenvalue weighted by Crippen LogP contribution is -2.33. The molecule has 0 aliphatic carbocycles. The molecule has 18 heavy (non-hydrogen) atoms. The highest BCUT2D eigenvalue weighted by Crippen LogP contribution is 2.21. The van der Waals surface area contributed by atoms with Crippen LogP contribution in [0.3, 0.4) is 0 Å². The van der Waals surface area contributed by atoms with E-state index >= 15 is 0 Å². The lowest BCUT2D eigenvalue weighted by atomic mass is 9.95. The molecule has 2 N–H and O–H groups in total. The Balaban J connectivity index is 2.86. The first-order chi connectivity index (χ1) is 8.32. The van der Waals surface area contributed by atoms with Gasteiger partial charge in [-0.15, -0.1) is 0 Å². The number of benzene rings is 1. The molecule has 0 radical (unpaired) electrons. The maximum Gasteiger partial charge on any atom is 0.316 e. The van der Waals surface area contributed by atoms with Gasteiger partial charge in [0.05, 0.1) is 0 Å². The number of rotatable bonds is 4. The number of carbonyl (C=O) groups is 2. The van der Waals surface area contributed by atoms with E-state index in [4.69, 9.17) is 16.7 Å². The Hall–Kier alpha value is -1.55. The minimum atomic E-state index is -1.12. The van der Waals surface area contributed by atoms with E-state index in [9.17, 15) is 9.59 Å². The molecule has 0 saturated carbocycles. The van der Waals surface area contributed by atoms with Gasteiger partial charge in [0, 0.05) is 10.7 Å². The van der Waals surface area contributed by atoms with Crippen molar-refractivity contribution in [1.29, 1.82) is 0 Å². The van der Waals surface area contributed by atoms with Gasteiger partial charge in [-0.25, -0.2) is 0 Å². The molecule has 0 saturated heterocycles. The SMILES string of the molecule is Cc1ccc(NC(=O)C(C(=O)O)C(C)C)cc1Cl. The maximum absolute atomic E-state index is 11.9. The lowest BCUT2D eigenvalue weighted by molar-refractivity contribution is -0.147. The predicted molar refractivity (Wildman–Crippen MR) is 70.8 cm³/mol. The van der Waals surface area contributed by atoms with E-state index in [0.717, 1.165) is 5.56 Å². The number of nitrogens with one attached hydrogen (secondary N) is 1. The Morgan fingerprint density at radius 2 is 1.94 bits per heavy atom. The smallest absolute Gasteiger partial charge is 0.316 e. The van der Waals surface area contributed by atoms with Gasteiger partial charge in [-0.1, -0.05) is 31.5 Å². The number of aryl methyl sites for hydroxylation is 1. The molecule has 5 heteroatoms. The maximum atomic E-state index is 11.9. The molecule has 4 nitrogen and oxygen atoms in total. The fourth-order valence-electron chi connectivity index (χ4n) is 1.59. The zero-order chi connectivity index (χ0) is 13.9. The number of amides is 1. The summed E-state index contributed by atoms with van der Waals surface area (Å²) >= 11 is 5.93. The van der Waals surface area contributed by atoms with Crippen LogP contribution in [0.4, 0.5) is 5.69 Å². The fraction of sp³-hybridized carbons (Fsp3) is 0.385. The molecular formula is C13H16ClNO3. The monoisotopic (exact) mass is 269 g/mol. The van der Waals surface area contributed by atoms with Crippen LogP contribution in [-0.2, 0) is 9.59 Å². The van der Waals surface area contributed by atoms with E-state index in [1.165, 1.54) is 0 Å². The van der Waals surface area contributed by atoms with Crippen molar-refractivity contribution >= 4 is 29.2 Å².